The van der Waals surface area contributed by atoms with Crippen LogP contribution >= 0.6 is 27.5 Å². The normalized spacial score (nSPS) is 21.8. The molecule has 2 aliphatic heterocycles. The van der Waals surface area contributed by atoms with Gasteiger partial charge in [-0.2, -0.15) is 5.10 Å². The van der Waals surface area contributed by atoms with Crippen molar-refractivity contribution in [3.63, 3.8) is 0 Å². The largest absolute Gasteiger partial charge is 0.469 e. The zero-order chi connectivity index (χ0) is 16.7. The molecule has 0 amide bonds. The topological polar surface area (TPSA) is 24.8 Å². The summed E-state index contributed by atoms with van der Waals surface area (Å²) in [5.74, 6) is 0.977. The molecular formula is C19H18BrClN2O. The first-order chi connectivity index (χ1) is 11.7. The molecule has 0 saturated carbocycles. The first-order valence-electron chi connectivity index (χ1n) is 8.23. The predicted octanol–water partition coefficient (Wildman–Crippen LogP) is 5.77. The summed E-state index contributed by atoms with van der Waals surface area (Å²) in [6.45, 7) is 2.18. The highest BCUT2D eigenvalue weighted by atomic mass is 79.9. The third-order valence-corrected chi connectivity index (χ3v) is 5.29. The van der Waals surface area contributed by atoms with Gasteiger partial charge >= 0.3 is 0 Å². The summed E-state index contributed by atoms with van der Waals surface area (Å²) in [7, 11) is 0. The molecule has 2 atom stereocenters. The van der Waals surface area contributed by atoms with Crippen molar-refractivity contribution >= 4 is 33.2 Å². The number of benzene rings is 2. The van der Waals surface area contributed by atoms with E-state index in [1.165, 1.54) is 5.56 Å². The van der Waals surface area contributed by atoms with E-state index >= 15 is 0 Å². The molecule has 0 radical (unpaired) electrons. The second-order valence-electron chi connectivity index (χ2n) is 6.20. The third kappa shape index (κ3) is 2.82. The van der Waals surface area contributed by atoms with E-state index in [0.717, 1.165) is 45.8 Å². The van der Waals surface area contributed by atoms with Crippen LogP contribution in [0.15, 0.2) is 52.0 Å². The van der Waals surface area contributed by atoms with E-state index in [-0.39, 0.29) is 12.3 Å². The summed E-state index contributed by atoms with van der Waals surface area (Å²) in [6.07, 6.45) is 2.90. The third-order valence-electron chi connectivity index (χ3n) is 4.54. The first kappa shape index (κ1) is 16.0. The molecule has 0 fully saturated rings. The summed E-state index contributed by atoms with van der Waals surface area (Å²) in [5.41, 5.74) is 3.42. The van der Waals surface area contributed by atoms with Crippen molar-refractivity contribution in [1.29, 1.82) is 0 Å². The van der Waals surface area contributed by atoms with E-state index in [4.69, 9.17) is 21.4 Å². The molecule has 24 heavy (non-hydrogen) atoms. The summed E-state index contributed by atoms with van der Waals surface area (Å²) in [4.78, 5) is 0. The highest BCUT2D eigenvalue weighted by Crippen LogP contribution is 2.44. The minimum atomic E-state index is -0.00141. The van der Waals surface area contributed by atoms with Crippen LogP contribution in [-0.4, -0.2) is 16.9 Å². The van der Waals surface area contributed by atoms with Gasteiger partial charge < -0.3 is 4.74 Å². The number of halogens is 2. The van der Waals surface area contributed by atoms with Gasteiger partial charge in [0, 0.05) is 27.9 Å². The number of hydrazone groups is 1. The van der Waals surface area contributed by atoms with Crippen molar-refractivity contribution in [2.24, 2.45) is 5.10 Å². The first-order valence-corrected chi connectivity index (χ1v) is 9.40. The minimum Gasteiger partial charge on any atom is -0.469 e. The Kier molecular flexibility index (Phi) is 4.27. The van der Waals surface area contributed by atoms with Crippen LogP contribution in [0.25, 0.3) is 0 Å². The van der Waals surface area contributed by atoms with Gasteiger partial charge in [0.1, 0.15) is 5.75 Å². The molecule has 0 bridgehead atoms. The van der Waals surface area contributed by atoms with Crippen molar-refractivity contribution in [2.75, 3.05) is 0 Å². The second kappa shape index (κ2) is 6.41. The maximum Gasteiger partial charge on any atom is 0.187 e. The summed E-state index contributed by atoms with van der Waals surface area (Å²) in [5, 5.41) is 7.79. The molecule has 4 rings (SSSR count). The number of ether oxygens (including phenoxy) is 1. The molecule has 2 heterocycles. The standard InChI is InChI=1S/C19H18BrClN2O/c1-2-3-19-23-17(15-10-13(20)6-9-18(15)24-19)11-16(22-23)12-4-7-14(21)8-5-12/h4-10,17,19H,2-3,11H2,1H3/t17-,19-/m0/s1. The van der Waals surface area contributed by atoms with E-state index in [1.807, 2.05) is 30.3 Å². The molecule has 0 aromatic heterocycles. The zero-order valence-electron chi connectivity index (χ0n) is 13.4. The van der Waals surface area contributed by atoms with Crippen LogP contribution in [0, 0.1) is 0 Å². The van der Waals surface area contributed by atoms with E-state index in [0.29, 0.717) is 0 Å². The van der Waals surface area contributed by atoms with E-state index < -0.39 is 0 Å². The van der Waals surface area contributed by atoms with Crippen LogP contribution in [-0.2, 0) is 0 Å². The van der Waals surface area contributed by atoms with Gasteiger partial charge in [-0.15, -0.1) is 0 Å². The quantitative estimate of drug-likeness (QED) is 0.647. The Balaban J connectivity index is 1.72. The second-order valence-corrected chi connectivity index (χ2v) is 7.55. The molecule has 5 heteroatoms. The number of fused-ring (bicyclic) bond motifs is 3. The van der Waals surface area contributed by atoms with Gasteiger partial charge in [0.15, 0.2) is 6.23 Å². The van der Waals surface area contributed by atoms with E-state index in [9.17, 15) is 0 Å². The predicted molar refractivity (Wildman–Crippen MR) is 101 cm³/mol. The Morgan fingerprint density at radius 2 is 2.04 bits per heavy atom. The molecule has 2 aromatic carbocycles. The van der Waals surface area contributed by atoms with Crippen LogP contribution in [0.1, 0.15) is 43.4 Å². The molecule has 0 unspecified atom stereocenters. The van der Waals surface area contributed by atoms with Gasteiger partial charge in [0.25, 0.3) is 0 Å². The van der Waals surface area contributed by atoms with Crippen molar-refractivity contribution < 1.29 is 4.74 Å². The molecular weight excluding hydrogens is 388 g/mol. The fraction of sp³-hybridized carbons (Fsp3) is 0.316. The molecule has 3 nitrogen and oxygen atoms in total. The Labute approximate surface area is 155 Å². The lowest BCUT2D eigenvalue weighted by Crippen LogP contribution is -2.40. The lowest BCUT2D eigenvalue weighted by molar-refractivity contribution is -0.0223. The smallest absolute Gasteiger partial charge is 0.187 e. The maximum absolute atomic E-state index is 6.22. The van der Waals surface area contributed by atoms with Crippen molar-refractivity contribution in [2.45, 2.75) is 38.5 Å². The van der Waals surface area contributed by atoms with Gasteiger partial charge in [-0.25, -0.2) is 0 Å². The van der Waals surface area contributed by atoms with Crippen molar-refractivity contribution in [3.8, 4) is 5.75 Å². The average molecular weight is 406 g/mol. The van der Waals surface area contributed by atoms with Crippen molar-refractivity contribution in [1.82, 2.24) is 5.01 Å². The molecule has 2 aromatic rings. The van der Waals surface area contributed by atoms with Gasteiger partial charge in [0.05, 0.1) is 11.8 Å². The van der Waals surface area contributed by atoms with Crippen LogP contribution < -0.4 is 4.74 Å². The maximum atomic E-state index is 6.22. The lowest BCUT2D eigenvalue weighted by atomic mass is 9.96. The number of hydrogen-bond donors (Lipinski definition) is 0. The van der Waals surface area contributed by atoms with Gasteiger partial charge in [-0.05, 0) is 35.9 Å². The van der Waals surface area contributed by atoms with Crippen molar-refractivity contribution in [3.05, 3.63) is 63.1 Å². The average Bonchev–Trinajstić information content (AvgIpc) is 3.02. The highest BCUT2D eigenvalue weighted by Gasteiger charge is 2.39. The zero-order valence-corrected chi connectivity index (χ0v) is 15.7. The van der Waals surface area contributed by atoms with E-state index in [2.05, 4.69) is 40.0 Å². The Morgan fingerprint density at radius 1 is 1.25 bits per heavy atom. The van der Waals surface area contributed by atoms with E-state index in [1.54, 1.807) is 0 Å². The van der Waals surface area contributed by atoms with Crippen LogP contribution in [0.5, 0.6) is 5.75 Å². The fourth-order valence-electron chi connectivity index (χ4n) is 3.39. The lowest BCUT2D eigenvalue weighted by Gasteiger charge is -2.38. The van der Waals surface area contributed by atoms with Gasteiger partial charge in [-0.3, -0.25) is 5.01 Å². The Bertz CT molecular complexity index is 790. The van der Waals surface area contributed by atoms with Crippen LogP contribution in [0.4, 0.5) is 0 Å². The monoisotopic (exact) mass is 404 g/mol. The molecule has 0 aliphatic carbocycles. The minimum absolute atomic E-state index is 0.00141. The molecule has 0 N–H and O–H groups in total. The van der Waals surface area contributed by atoms with Crippen LogP contribution in [0.2, 0.25) is 5.02 Å². The Morgan fingerprint density at radius 3 is 2.79 bits per heavy atom. The highest BCUT2D eigenvalue weighted by molar-refractivity contribution is 9.10. The Hall–Kier alpha value is -1.52. The van der Waals surface area contributed by atoms with Crippen LogP contribution in [0.3, 0.4) is 0 Å². The van der Waals surface area contributed by atoms with Gasteiger partial charge in [-0.1, -0.05) is 53.0 Å². The number of rotatable bonds is 3. The molecule has 0 spiro atoms. The summed E-state index contributed by atoms with van der Waals surface area (Å²) >= 11 is 9.59. The SMILES string of the molecule is CCC[C@@H]1Oc2ccc(Br)cc2[C@@H]2CC(c3ccc(Cl)cc3)=NN12. The van der Waals surface area contributed by atoms with Gasteiger partial charge in [0.2, 0.25) is 0 Å². The molecule has 124 valence electrons. The molecule has 0 saturated heterocycles. The fourth-order valence-corrected chi connectivity index (χ4v) is 3.89. The molecule has 2 aliphatic rings. The summed E-state index contributed by atoms with van der Waals surface area (Å²) in [6, 6.07) is 14.4. The number of hydrogen-bond acceptors (Lipinski definition) is 3. The summed E-state index contributed by atoms with van der Waals surface area (Å²) < 4.78 is 7.29. The number of nitrogens with zero attached hydrogens (tertiary/aromatic N) is 2.